The van der Waals surface area contributed by atoms with Crippen molar-refractivity contribution in [3.63, 3.8) is 0 Å². The van der Waals surface area contributed by atoms with Crippen LogP contribution in [0.2, 0.25) is 0 Å². The van der Waals surface area contributed by atoms with Gasteiger partial charge in [0.15, 0.2) is 5.57 Å². The smallest absolute Gasteiger partial charge is 0.351 e. The van der Waals surface area contributed by atoms with Crippen LogP contribution in [0.3, 0.4) is 0 Å². The molecule has 0 saturated heterocycles. The largest absolute Gasteiger partial charge is 0.490 e. The highest BCUT2D eigenvalue weighted by atomic mass is 32.2. The van der Waals surface area contributed by atoms with E-state index in [9.17, 15) is 10.1 Å². The monoisotopic (exact) mass is 383 g/mol. The van der Waals surface area contributed by atoms with Crippen LogP contribution in [0.15, 0.2) is 59.4 Å². The molecule has 0 aliphatic rings. The molecular formula is C20H21N3O3S. The van der Waals surface area contributed by atoms with E-state index in [0.717, 1.165) is 11.1 Å². The second kappa shape index (κ2) is 10.9. The van der Waals surface area contributed by atoms with Crippen molar-refractivity contribution in [1.82, 2.24) is 10.3 Å². The molecule has 0 aliphatic carbocycles. The molecule has 2 rings (SSSR count). The molecule has 0 radical (unpaired) electrons. The van der Waals surface area contributed by atoms with Crippen LogP contribution in [-0.4, -0.2) is 30.4 Å². The third kappa shape index (κ3) is 6.68. The number of hydrogen-bond donors (Lipinski definition) is 1. The lowest BCUT2D eigenvalue weighted by Gasteiger charge is -2.11. The Bertz CT molecular complexity index is 832. The normalized spacial score (nSPS) is 11.1. The Hall–Kier alpha value is -2.98. The van der Waals surface area contributed by atoms with Gasteiger partial charge in [0, 0.05) is 18.9 Å². The Kier molecular flexibility index (Phi) is 8.20. The van der Waals surface area contributed by atoms with Gasteiger partial charge in [-0.05, 0) is 42.5 Å². The van der Waals surface area contributed by atoms with Crippen LogP contribution in [0.4, 0.5) is 0 Å². The van der Waals surface area contributed by atoms with Crippen molar-refractivity contribution in [2.24, 2.45) is 0 Å². The van der Waals surface area contributed by atoms with E-state index < -0.39 is 5.97 Å². The number of aromatic nitrogens is 1. The van der Waals surface area contributed by atoms with Gasteiger partial charge in [-0.1, -0.05) is 18.2 Å². The molecule has 6 nitrogen and oxygen atoms in total. The van der Waals surface area contributed by atoms with Gasteiger partial charge in [-0.3, -0.25) is 4.98 Å². The molecule has 7 heteroatoms. The Morgan fingerprint density at radius 3 is 2.81 bits per heavy atom. The summed E-state index contributed by atoms with van der Waals surface area (Å²) in [6.45, 7) is 2.70. The zero-order valence-corrected chi connectivity index (χ0v) is 16.1. The lowest BCUT2D eigenvalue weighted by Crippen LogP contribution is -2.19. The quantitative estimate of drug-likeness (QED) is 0.308. The van der Waals surface area contributed by atoms with Crippen molar-refractivity contribution in [2.75, 3.05) is 19.5 Å². The summed E-state index contributed by atoms with van der Waals surface area (Å²) < 4.78 is 10.7. The van der Waals surface area contributed by atoms with Gasteiger partial charge in [0.25, 0.3) is 0 Å². The minimum absolute atomic E-state index is 0.0538. The minimum atomic E-state index is -0.673. The van der Waals surface area contributed by atoms with Crippen LogP contribution in [0.5, 0.6) is 5.75 Å². The Labute approximate surface area is 163 Å². The molecule has 0 aliphatic heterocycles. The maximum atomic E-state index is 12.2. The molecule has 0 saturated carbocycles. The molecule has 0 atom stereocenters. The fourth-order valence-electron chi connectivity index (χ4n) is 2.21. The first kappa shape index (κ1) is 20.3. The van der Waals surface area contributed by atoms with Crippen LogP contribution >= 0.6 is 11.8 Å². The van der Waals surface area contributed by atoms with E-state index in [1.807, 2.05) is 49.4 Å². The number of carbonyl (C=O) groups excluding carboxylic acids is 1. The number of nitriles is 1. The maximum absolute atomic E-state index is 12.2. The molecular weight excluding hydrogens is 362 g/mol. The van der Waals surface area contributed by atoms with Crippen molar-refractivity contribution in [1.29, 1.82) is 5.26 Å². The van der Waals surface area contributed by atoms with Crippen molar-refractivity contribution in [2.45, 2.75) is 13.5 Å². The van der Waals surface area contributed by atoms with E-state index in [1.54, 1.807) is 18.6 Å². The topological polar surface area (TPSA) is 84.2 Å². The van der Waals surface area contributed by atoms with Crippen LogP contribution in [0.25, 0.3) is 0 Å². The Morgan fingerprint density at radius 1 is 1.30 bits per heavy atom. The number of carbonyl (C=O) groups is 1. The zero-order chi connectivity index (χ0) is 19.5. The number of rotatable bonds is 9. The first-order chi connectivity index (χ1) is 13.1. The summed E-state index contributed by atoms with van der Waals surface area (Å²) in [6, 6.07) is 13.3. The molecule has 0 fully saturated rings. The van der Waals surface area contributed by atoms with E-state index in [-0.39, 0.29) is 18.8 Å². The standard InChI is InChI=1S/C20H21N3O3S/c1-15-5-3-7-17(11-15)25-9-10-26-20(24)18(12-21)19(27-2)23-14-16-6-4-8-22-13-16/h3-8,11,13,23H,9-10,14H2,1-2H3/b19-18+. The predicted octanol–water partition coefficient (Wildman–Crippen LogP) is 3.20. The lowest BCUT2D eigenvalue weighted by molar-refractivity contribution is -0.139. The molecule has 27 heavy (non-hydrogen) atoms. The van der Waals surface area contributed by atoms with E-state index in [4.69, 9.17) is 9.47 Å². The number of ether oxygens (including phenoxy) is 2. The first-order valence-electron chi connectivity index (χ1n) is 8.31. The fourth-order valence-corrected chi connectivity index (χ4v) is 2.76. The highest BCUT2D eigenvalue weighted by Gasteiger charge is 2.17. The summed E-state index contributed by atoms with van der Waals surface area (Å²) in [5, 5.41) is 12.9. The van der Waals surface area contributed by atoms with Crippen LogP contribution < -0.4 is 10.1 Å². The summed E-state index contributed by atoms with van der Waals surface area (Å²) in [5.74, 6) is 0.0402. The summed E-state index contributed by atoms with van der Waals surface area (Å²) in [5.41, 5.74) is 1.98. The van der Waals surface area contributed by atoms with Gasteiger partial charge in [0.05, 0.1) is 5.03 Å². The third-order valence-corrected chi connectivity index (χ3v) is 4.25. The van der Waals surface area contributed by atoms with Crippen molar-refractivity contribution in [3.8, 4) is 11.8 Å². The number of esters is 1. The van der Waals surface area contributed by atoms with Gasteiger partial charge in [-0.25, -0.2) is 4.79 Å². The van der Waals surface area contributed by atoms with E-state index >= 15 is 0 Å². The van der Waals surface area contributed by atoms with Crippen LogP contribution in [0.1, 0.15) is 11.1 Å². The number of pyridine rings is 1. The summed E-state index contributed by atoms with van der Waals surface area (Å²) in [4.78, 5) is 16.3. The van der Waals surface area contributed by atoms with Crippen LogP contribution in [-0.2, 0) is 16.1 Å². The van der Waals surface area contributed by atoms with Gasteiger partial charge in [0.2, 0.25) is 0 Å². The molecule has 2 aromatic rings. The second-order valence-corrected chi connectivity index (χ2v) is 6.35. The lowest BCUT2D eigenvalue weighted by atomic mass is 10.2. The van der Waals surface area contributed by atoms with E-state index in [1.165, 1.54) is 11.8 Å². The average molecular weight is 383 g/mol. The second-order valence-electron chi connectivity index (χ2n) is 5.54. The van der Waals surface area contributed by atoms with Gasteiger partial charge in [-0.2, -0.15) is 5.26 Å². The summed E-state index contributed by atoms with van der Waals surface area (Å²) >= 11 is 1.28. The fraction of sp³-hybridized carbons (Fsp3) is 0.250. The summed E-state index contributed by atoms with van der Waals surface area (Å²) in [6.07, 6.45) is 5.20. The highest BCUT2D eigenvalue weighted by Crippen LogP contribution is 2.16. The van der Waals surface area contributed by atoms with Gasteiger partial charge in [-0.15, -0.1) is 11.8 Å². The molecule has 1 heterocycles. The third-order valence-electron chi connectivity index (χ3n) is 3.50. The number of hydrogen-bond acceptors (Lipinski definition) is 7. The van der Waals surface area contributed by atoms with Gasteiger partial charge < -0.3 is 14.8 Å². The molecule has 1 aromatic carbocycles. The Morgan fingerprint density at radius 2 is 2.15 bits per heavy atom. The number of nitrogens with zero attached hydrogens (tertiary/aromatic N) is 2. The average Bonchev–Trinajstić information content (AvgIpc) is 2.69. The molecule has 1 N–H and O–H groups in total. The minimum Gasteiger partial charge on any atom is -0.490 e. The zero-order valence-electron chi connectivity index (χ0n) is 15.3. The highest BCUT2D eigenvalue weighted by molar-refractivity contribution is 8.02. The van der Waals surface area contributed by atoms with E-state index in [2.05, 4.69) is 10.3 Å². The Balaban J connectivity index is 1.88. The molecule has 0 spiro atoms. The van der Waals surface area contributed by atoms with Crippen molar-refractivity contribution >= 4 is 17.7 Å². The SMILES string of the molecule is CS/C(NCc1cccnc1)=C(\C#N)C(=O)OCCOc1cccc(C)c1. The molecule has 0 bridgehead atoms. The van der Waals surface area contributed by atoms with E-state index in [0.29, 0.717) is 17.3 Å². The maximum Gasteiger partial charge on any atom is 0.351 e. The number of thioether (sulfide) groups is 1. The molecule has 1 aromatic heterocycles. The van der Waals surface area contributed by atoms with Crippen molar-refractivity contribution in [3.05, 3.63) is 70.5 Å². The summed E-state index contributed by atoms with van der Waals surface area (Å²) in [7, 11) is 0. The van der Waals surface area contributed by atoms with Gasteiger partial charge in [0.1, 0.15) is 25.0 Å². The molecule has 0 unspecified atom stereocenters. The van der Waals surface area contributed by atoms with Crippen LogP contribution in [0, 0.1) is 18.3 Å². The predicted molar refractivity (Wildman–Crippen MR) is 105 cm³/mol. The first-order valence-corrected chi connectivity index (χ1v) is 9.54. The van der Waals surface area contributed by atoms with Gasteiger partial charge >= 0.3 is 5.97 Å². The number of aryl methyl sites for hydroxylation is 1. The molecule has 140 valence electrons. The number of benzene rings is 1. The number of nitrogens with one attached hydrogen (secondary N) is 1. The van der Waals surface area contributed by atoms with Crippen molar-refractivity contribution < 1.29 is 14.3 Å². The molecule has 0 amide bonds.